The number of ether oxygens (including phenoxy) is 1. The molecule has 0 saturated heterocycles. The number of alkyl halides is 3. The first-order valence-corrected chi connectivity index (χ1v) is 7.22. The van der Waals surface area contributed by atoms with Gasteiger partial charge in [-0.25, -0.2) is 4.98 Å². The molecule has 2 aromatic heterocycles. The van der Waals surface area contributed by atoms with Gasteiger partial charge in [0.25, 0.3) is 0 Å². The first-order chi connectivity index (χ1) is 9.99. The maximum Gasteiger partial charge on any atom is 0.451 e. The van der Waals surface area contributed by atoms with Crippen LogP contribution in [0, 0.1) is 0 Å². The fourth-order valence-electron chi connectivity index (χ4n) is 1.51. The highest BCUT2D eigenvalue weighted by Gasteiger charge is 2.35. The summed E-state index contributed by atoms with van der Waals surface area (Å²) in [6.07, 6.45) is -3.83. The van der Waals surface area contributed by atoms with E-state index in [9.17, 15) is 13.2 Å². The molecule has 0 saturated carbocycles. The highest BCUT2D eigenvalue weighted by molar-refractivity contribution is 7.09. The second kappa shape index (κ2) is 6.75. The highest BCUT2D eigenvalue weighted by Crippen LogP contribution is 2.29. The van der Waals surface area contributed by atoms with Crippen LogP contribution in [0.15, 0.2) is 23.6 Å². The van der Waals surface area contributed by atoms with Crippen molar-refractivity contribution in [2.24, 2.45) is 0 Å². The number of thiophene rings is 1. The van der Waals surface area contributed by atoms with Gasteiger partial charge in [0, 0.05) is 17.5 Å². The van der Waals surface area contributed by atoms with E-state index in [0.717, 1.165) is 11.3 Å². The minimum atomic E-state index is -4.61. The summed E-state index contributed by atoms with van der Waals surface area (Å²) in [5.41, 5.74) is 0. The van der Waals surface area contributed by atoms with Gasteiger partial charge in [0.2, 0.25) is 11.7 Å². The van der Waals surface area contributed by atoms with E-state index in [1.54, 1.807) is 0 Å². The van der Waals surface area contributed by atoms with Crippen LogP contribution in [0.4, 0.5) is 19.0 Å². The summed E-state index contributed by atoms with van der Waals surface area (Å²) in [7, 11) is 0. The molecule has 0 aromatic carbocycles. The number of hydrogen-bond donors (Lipinski definition) is 1. The van der Waals surface area contributed by atoms with Crippen LogP contribution in [0.2, 0.25) is 0 Å². The molecule has 2 aromatic rings. The summed E-state index contributed by atoms with van der Waals surface area (Å²) in [5, 5.41) is 4.68. The quantitative estimate of drug-likeness (QED) is 0.876. The predicted molar refractivity (Wildman–Crippen MR) is 74.5 cm³/mol. The third-order valence-corrected chi connectivity index (χ3v) is 3.30. The standard InChI is InChI=1S/C13H14F3N3OS/c1-2-5-17-10-7-11(19-12(18-10)13(14,15)16)20-8-9-4-3-6-21-9/h3-4,6-7H,2,5,8H2,1H3,(H,17,18,19). The largest absolute Gasteiger partial charge is 0.472 e. The molecule has 0 radical (unpaired) electrons. The lowest BCUT2D eigenvalue weighted by Gasteiger charge is -2.11. The van der Waals surface area contributed by atoms with E-state index in [-0.39, 0.29) is 18.3 Å². The Balaban J connectivity index is 2.17. The number of nitrogens with one attached hydrogen (secondary N) is 1. The number of hydrogen-bond acceptors (Lipinski definition) is 5. The van der Waals surface area contributed by atoms with Gasteiger partial charge in [0.15, 0.2) is 0 Å². The molecular weight excluding hydrogens is 303 g/mol. The van der Waals surface area contributed by atoms with Crippen LogP contribution in [0.3, 0.4) is 0 Å². The monoisotopic (exact) mass is 317 g/mol. The number of halogens is 3. The van der Waals surface area contributed by atoms with Crippen molar-refractivity contribution in [2.75, 3.05) is 11.9 Å². The summed E-state index contributed by atoms with van der Waals surface area (Å²) in [4.78, 5) is 7.79. The molecule has 0 aliphatic heterocycles. The van der Waals surface area contributed by atoms with Crippen LogP contribution in [-0.2, 0) is 12.8 Å². The Morgan fingerprint density at radius 1 is 1.33 bits per heavy atom. The summed E-state index contributed by atoms with van der Waals surface area (Å²) in [6.45, 7) is 2.62. The van der Waals surface area contributed by atoms with E-state index in [1.165, 1.54) is 17.4 Å². The SMILES string of the molecule is CCCNc1cc(OCc2cccs2)nc(C(F)(F)F)n1. The first-order valence-electron chi connectivity index (χ1n) is 6.34. The van der Waals surface area contributed by atoms with Crippen LogP contribution < -0.4 is 10.1 Å². The van der Waals surface area contributed by atoms with Gasteiger partial charge in [-0.15, -0.1) is 11.3 Å². The predicted octanol–water partition coefficient (Wildman–Crippen LogP) is 3.96. The molecule has 0 atom stereocenters. The van der Waals surface area contributed by atoms with Crippen molar-refractivity contribution in [3.63, 3.8) is 0 Å². The Bertz CT molecular complexity index is 573. The van der Waals surface area contributed by atoms with Gasteiger partial charge in [0.05, 0.1) is 0 Å². The second-order valence-corrected chi connectivity index (χ2v) is 5.24. The summed E-state index contributed by atoms with van der Waals surface area (Å²) in [6, 6.07) is 5.06. The van der Waals surface area contributed by atoms with Crippen molar-refractivity contribution in [3.05, 3.63) is 34.3 Å². The lowest BCUT2D eigenvalue weighted by molar-refractivity contribution is -0.145. The van der Waals surface area contributed by atoms with Gasteiger partial charge in [-0.3, -0.25) is 0 Å². The van der Waals surface area contributed by atoms with Crippen LogP contribution in [-0.4, -0.2) is 16.5 Å². The third kappa shape index (κ3) is 4.59. The molecule has 0 fully saturated rings. The normalized spacial score (nSPS) is 11.4. The van der Waals surface area contributed by atoms with E-state index in [2.05, 4.69) is 15.3 Å². The fourth-order valence-corrected chi connectivity index (χ4v) is 2.13. The third-order valence-electron chi connectivity index (χ3n) is 2.45. The molecule has 2 heterocycles. The number of rotatable bonds is 6. The van der Waals surface area contributed by atoms with Crippen molar-refractivity contribution in [3.8, 4) is 5.88 Å². The average molecular weight is 317 g/mol. The fraction of sp³-hybridized carbons (Fsp3) is 0.385. The van der Waals surface area contributed by atoms with E-state index in [0.29, 0.717) is 6.54 Å². The van der Waals surface area contributed by atoms with Crippen molar-refractivity contribution in [1.29, 1.82) is 0 Å². The van der Waals surface area contributed by atoms with Gasteiger partial charge in [-0.2, -0.15) is 18.2 Å². The Hall–Kier alpha value is -1.83. The minimum Gasteiger partial charge on any atom is -0.472 e. The van der Waals surface area contributed by atoms with Crippen LogP contribution in [0.25, 0.3) is 0 Å². The molecule has 0 aliphatic rings. The van der Waals surface area contributed by atoms with Crippen molar-refractivity contribution in [1.82, 2.24) is 9.97 Å². The van der Waals surface area contributed by atoms with Gasteiger partial charge >= 0.3 is 6.18 Å². The highest BCUT2D eigenvalue weighted by atomic mass is 32.1. The Labute approximate surface area is 124 Å². The van der Waals surface area contributed by atoms with Crippen LogP contribution in [0.1, 0.15) is 24.0 Å². The van der Waals surface area contributed by atoms with Gasteiger partial charge in [-0.05, 0) is 17.9 Å². The van der Waals surface area contributed by atoms with E-state index < -0.39 is 12.0 Å². The molecule has 114 valence electrons. The number of anilines is 1. The van der Waals surface area contributed by atoms with Gasteiger partial charge in [0.1, 0.15) is 12.4 Å². The molecule has 0 amide bonds. The number of aromatic nitrogens is 2. The summed E-state index contributed by atoms with van der Waals surface area (Å²) in [5.74, 6) is -1.19. The number of nitrogens with zero attached hydrogens (tertiary/aromatic N) is 2. The molecule has 21 heavy (non-hydrogen) atoms. The molecule has 0 unspecified atom stereocenters. The molecule has 0 spiro atoms. The molecule has 0 bridgehead atoms. The minimum absolute atomic E-state index is 0.0932. The van der Waals surface area contributed by atoms with Crippen molar-refractivity contribution in [2.45, 2.75) is 26.1 Å². The maximum atomic E-state index is 12.8. The zero-order valence-electron chi connectivity index (χ0n) is 11.3. The first kappa shape index (κ1) is 15.6. The molecule has 4 nitrogen and oxygen atoms in total. The van der Waals surface area contributed by atoms with E-state index >= 15 is 0 Å². The van der Waals surface area contributed by atoms with E-state index in [1.807, 2.05) is 24.4 Å². The van der Waals surface area contributed by atoms with Crippen LogP contribution in [0.5, 0.6) is 5.88 Å². The average Bonchev–Trinajstić information content (AvgIpc) is 2.95. The van der Waals surface area contributed by atoms with Crippen molar-refractivity contribution >= 4 is 17.2 Å². The lowest BCUT2D eigenvalue weighted by atomic mass is 10.4. The zero-order valence-corrected chi connectivity index (χ0v) is 12.1. The summed E-state index contributed by atoms with van der Waals surface area (Å²) >= 11 is 1.46. The topological polar surface area (TPSA) is 47.0 Å². The molecular formula is C13H14F3N3OS. The second-order valence-electron chi connectivity index (χ2n) is 4.21. The Morgan fingerprint density at radius 3 is 2.76 bits per heavy atom. The molecule has 0 aliphatic carbocycles. The summed E-state index contributed by atoms with van der Waals surface area (Å²) < 4.78 is 43.7. The van der Waals surface area contributed by atoms with Gasteiger partial charge in [-0.1, -0.05) is 13.0 Å². The Morgan fingerprint density at radius 2 is 2.14 bits per heavy atom. The lowest BCUT2D eigenvalue weighted by Crippen LogP contribution is -2.14. The van der Waals surface area contributed by atoms with Crippen molar-refractivity contribution < 1.29 is 17.9 Å². The van der Waals surface area contributed by atoms with E-state index in [4.69, 9.17) is 4.74 Å². The smallest absolute Gasteiger partial charge is 0.451 e. The Kier molecular flexibility index (Phi) is 5.00. The zero-order chi connectivity index (χ0) is 15.3. The van der Waals surface area contributed by atoms with Crippen LogP contribution >= 0.6 is 11.3 Å². The van der Waals surface area contributed by atoms with Gasteiger partial charge < -0.3 is 10.1 Å². The molecule has 2 rings (SSSR count). The molecule has 8 heteroatoms. The molecule has 1 N–H and O–H groups in total. The maximum absolute atomic E-state index is 12.8.